The molecular formula is C15H13N3O2S. The number of thioether (sulfide) groups is 1. The van der Waals surface area contributed by atoms with Crippen LogP contribution in [0.4, 0.5) is 0 Å². The maximum atomic E-state index is 11.5. The van der Waals surface area contributed by atoms with Crippen molar-refractivity contribution in [2.75, 3.05) is 13.4 Å². The molecule has 0 unspecified atom stereocenters. The molecule has 3 rings (SSSR count). The monoisotopic (exact) mass is 299 g/mol. The van der Waals surface area contributed by atoms with Gasteiger partial charge in [0.2, 0.25) is 0 Å². The van der Waals surface area contributed by atoms with E-state index in [4.69, 9.17) is 4.74 Å². The van der Waals surface area contributed by atoms with E-state index in [9.17, 15) is 4.79 Å². The fourth-order valence-corrected chi connectivity index (χ4v) is 2.65. The molecule has 6 heteroatoms. The second-order valence-electron chi connectivity index (χ2n) is 4.34. The summed E-state index contributed by atoms with van der Waals surface area (Å²) in [6, 6.07) is 7.26. The number of esters is 1. The molecule has 0 aliphatic carbocycles. The van der Waals surface area contributed by atoms with Gasteiger partial charge in [0.25, 0.3) is 0 Å². The Morgan fingerprint density at radius 3 is 2.67 bits per heavy atom. The van der Waals surface area contributed by atoms with Crippen LogP contribution in [0, 0.1) is 0 Å². The molecule has 0 bridgehead atoms. The Kier molecular flexibility index (Phi) is 3.62. The van der Waals surface area contributed by atoms with Crippen LogP contribution in [0.5, 0.6) is 0 Å². The van der Waals surface area contributed by atoms with Crippen LogP contribution in [0.3, 0.4) is 0 Å². The van der Waals surface area contributed by atoms with Crippen molar-refractivity contribution in [3.63, 3.8) is 0 Å². The third kappa shape index (κ3) is 2.38. The summed E-state index contributed by atoms with van der Waals surface area (Å²) in [4.78, 5) is 20.2. The lowest BCUT2D eigenvalue weighted by Crippen LogP contribution is -2.00. The van der Waals surface area contributed by atoms with Gasteiger partial charge in [-0.1, -0.05) is 12.1 Å². The molecule has 5 nitrogen and oxygen atoms in total. The highest BCUT2D eigenvalue weighted by atomic mass is 32.2. The van der Waals surface area contributed by atoms with Gasteiger partial charge in [0.15, 0.2) is 5.65 Å². The molecule has 2 heterocycles. The molecule has 2 aromatic heterocycles. The van der Waals surface area contributed by atoms with Crippen LogP contribution in [0.1, 0.15) is 10.4 Å². The van der Waals surface area contributed by atoms with E-state index in [1.807, 2.05) is 35.2 Å². The number of imidazole rings is 1. The fourth-order valence-electron chi connectivity index (χ4n) is 2.15. The molecule has 1 aromatic carbocycles. The van der Waals surface area contributed by atoms with Crippen molar-refractivity contribution in [2.45, 2.75) is 5.03 Å². The van der Waals surface area contributed by atoms with Gasteiger partial charge in [-0.3, -0.25) is 4.40 Å². The maximum Gasteiger partial charge on any atom is 0.337 e. The van der Waals surface area contributed by atoms with E-state index in [0.29, 0.717) is 5.56 Å². The van der Waals surface area contributed by atoms with Crippen LogP contribution < -0.4 is 0 Å². The molecule has 106 valence electrons. The first kappa shape index (κ1) is 13.6. The van der Waals surface area contributed by atoms with Crippen molar-refractivity contribution in [3.8, 4) is 11.3 Å². The topological polar surface area (TPSA) is 56.5 Å². The highest BCUT2D eigenvalue weighted by Gasteiger charge is 2.11. The molecule has 0 aliphatic rings. The van der Waals surface area contributed by atoms with Crippen LogP contribution in [-0.4, -0.2) is 33.7 Å². The molecule has 0 spiro atoms. The summed E-state index contributed by atoms with van der Waals surface area (Å²) in [5, 5.41) is 0.884. The largest absolute Gasteiger partial charge is 0.465 e. The highest BCUT2D eigenvalue weighted by molar-refractivity contribution is 7.98. The summed E-state index contributed by atoms with van der Waals surface area (Å²) in [6.07, 6.45) is 7.42. The summed E-state index contributed by atoms with van der Waals surface area (Å²) in [6.45, 7) is 0. The Morgan fingerprint density at radius 1 is 1.24 bits per heavy atom. The van der Waals surface area contributed by atoms with E-state index in [2.05, 4.69) is 9.97 Å². The maximum absolute atomic E-state index is 11.5. The number of hydrogen-bond acceptors (Lipinski definition) is 5. The number of hydrogen-bond donors (Lipinski definition) is 0. The lowest BCUT2D eigenvalue weighted by Gasteiger charge is -2.04. The molecule has 0 saturated heterocycles. The molecule has 0 atom stereocenters. The van der Waals surface area contributed by atoms with E-state index in [-0.39, 0.29) is 5.97 Å². The van der Waals surface area contributed by atoms with Gasteiger partial charge in [-0.25, -0.2) is 14.8 Å². The highest BCUT2D eigenvalue weighted by Crippen LogP contribution is 2.25. The predicted molar refractivity (Wildman–Crippen MR) is 81.5 cm³/mol. The van der Waals surface area contributed by atoms with E-state index < -0.39 is 0 Å². The zero-order valence-corrected chi connectivity index (χ0v) is 12.4. The second-order valence-corrected chi connectivity index (χ2v) is 5.14. The Hall–Kier alpha value is -2.34. The van der Waals surface area contributed by atoms with Gasteiger partial charge in [0, 0.05) is 18.0 Å². The molecule has 3 aromatic rings. The smallest absolute Gasteiger partial charge is 0.337 e. The van der Waals surface area contributed by atoms with E-state index in [0.717, 1.165) is 21.9 Å². The zero-order chi connectivity index (χ0) is 14.8. The van der Waals surface area contributed by atoms with Crippen molar-refractivity contribution in [2.24, 2.45) is 0 Å². The molecule has 0 fully saturated rings. The van der Waals surface area contributed by atoms with Gasteiger partial charge < -0.3 is 4.74 Å². The summed E-state index contributed by atoms with van der Waals surface area (Å²) in [7, 11) is 1.37. The number of carbonyl (C=O) groups is 1. The molecule has 0 aliphatic heterocycles. The van der Waals surface area contributed by atoms with E-state index in [1.54, 1.807) is 30.1 Å². The van der Waals surface area contributed by atoms with Crippen LogP contribution in [-0.2, 0) is 4.74 Å². The molecule has 0 N–H and O–H groups in total. The van der Waals surface area contributed by atoms with Gasteiger partial charge in [-0.2, -0.15) is 0 Å². The van der Waals surface area contributed by atoms with Crippen molar-refractivity contribution >= 4 is 23.4 Å². The van der Waals surface area contributed by atoms with Crippen molar-refractivity contribution in [3.05, 3.63) is 48.4 Å². The van der Waals surface area contributed by atoms with Crippen LogP contribution in [0.15, 0.2) is 47.9 Å². The Balaban J connectivity index is 2.06. The van der Waals surface area contributed by atoms with E-state index in [1.165, 1.54) is 7.11 Å². The fraction of sp³-hybridized carbons (Fsp3) is 0.133. The van der Waals surface area contributed by atoms with Crippen LogP contribution in [0.2, 0.25) is 0 Å². The average Bonchev–Trinajstić information content (AvgIpc) is 2.98. The SMILES string of the molecule is COC(=O)c1ccc(-c2cnc3c(SC)nccn23)cc1. The minimum absolute atomic E-state index is 0.339. The number of nitrogens with zero attached hydrogens (tertiary/aromatic N) is 3. The Labute approximate surface area is 126 Å². The lowest BCUT2D eigenvalue weighted by atomic mass is 10.1. The Bertz CT molecular complexity index is 796. The van der Waals surface area contributed by atoms with Gasteiger partial charge in [-0.15, -0.1) is 11.8 Å². The molecule has 21 heavy (non-hydrogen) atoms. The number of aromatic nitrogens is 3. The predicted octanol–water partition coefficient (Wildman–Crippen LogP) is 2.90. The number of rotatable bonds is 3. The van der Waals surface area contributed by atoms with Gasteiger partial charge >= 0.3 is 5.97 Å². The van der Waals surface area contributed by atoms with Crippen molar-refractivity contribution < 1.29 is 9.53 Å². The quantitative estimate of drug-likeness (QED) is 0.550. The first-order valence-electron chi connectivity index (χ1n) is 6.29. The minimum Gasteiger partial charge on any atom is -0.465 e. The van der Waals surface area contributed by atoms with Crippen LogP contribution >= 0.6 is 11.8 Å². The van der Waals surface area contributed by atoms with Gasteiger partial charge in [0.1, 0.15) is 5.03 Å². The zero-order valence-electron chi connectivity index (χ0n) is 11.6. The van der Waals surface area contributed by atoms with Gasteiger partial charge in [-0.05, 0) is 18.4 Å². The molecule has 0 saturated carbocycles. The van der Waals surface area contributed by atoms with Crippen molar-refractivity contribution in [1.82, 2.24) is 14.4 Å². The minimum atomic E-state index is -0.339. The molecule has 0 radical (unpaired) electrons. The first-order chi connectivity index (χ1) is 10.2. The number of fused-ring (bicyclic) bond motifs is 1. The molecular weight excluding hydrogens is 286 g/mol. The first-order valence-corrected chi connectivity index (χ1v) is 7.52. The third-order valence-electron chi connectivity index (χ3n) is 3.19. The molecule has 0 amide bonds. The lowest BCUT2D eigenvalue weighted by molar-refractivity contribution is 0.0601. The number of ether oxygens (including phenoxy) is 1. The summed E-state index contributed by atoms with van der Waals surface area (Å²) in [5.41, 5.74) is 3.30. The Morgan fingerprint density at radius 2 is 2.00 bits per heavy atom. The second kappa shape index (κ2) is 5.57. The summed E-state index contributed by atoms with van der Waals surface area (Å²) >= 11 is 1.56. The number of benzene rings is 1. The standard InChI is InChI=1S/C15H13N3O2S/c1-20-15(19)11-5-3-10(4-6-11)12-9-17-13-14(21-2)16-7-8-18(12)13/h3-9H,1-2H3. The number of carbonyl (C=O) groups excluding carboxylic acids is 1. The van der Waals surface area contributed by atoms with E-state index >= 15 is 0 Å². The van der Waals surface area contributed by atoms with Crippen molar-refractivity contribution in [1.29, 1.82) is 0 Å². The average molecular weight is 299 g/mol. The van der Waals surface area contributed by atoms with Gasteiger partial charge in [0.05, 0.1) is 24.6 Å². The summed E-state index contributed by atoms with van der Waals surface area (Å²) in [5.74, 6) is -0.339. The van der Waals surface area contributed by atoms with Crippen LogP contribution in [0.25, 0.3) is 16.9 Å². The summed E-state index contributed by atoms with van der Waals surface area (Å²) < 4.78 is 6.69. The third-order valence-corrected chi connectivity index (χ3v) is 3.87. The number of methoxy groups -OCH3 is 1. The normalized spacial score (nSPS) is 10.8.